The van der Waals surface area contributed by atoms with Crippen molar-refractivity contribution in [2.24, 2.45) is 0 Å². The van der Waals surface area contributed by atoms with E-state index >= 15 is 0 Å². The highest BCUT2D eigenvalue weighted by Crippen LogP contribution is 2.38. The van der Waals surface area contributed by atoms with Crippen LogP contribution in [0.4, 0.5) is 0 Å². The number of hydrogen-bond donors (Lipinski definition) is 0. The fraction of sp³-hybridized carbons (Fsp3) is 0. The number of nitrogens with zero attached hydrogens (tertiary/aromatic N) is 3. The van der Waals surface area contributed by atoms with E-state index in [1.807, 2.05) is 36.4 Å². The third kappa shape index (κ3) is 4.27. The van der Waals surface area contributed by atoms with Crippen LogP contribution in [0.25, 0.3) is 88.8 Å². The van der Waals surface area contributed by atoms with Crippen LogP contribution in [0.1, 0.15) is 0 Å². The molecular formula is C41H25N3O. The van der Waals surface area contributed by atoms with E-state index in [0.717, 1.165) is 54.8 Å². The van der Waals surface area contributed by atoms with E-state index < -0.39 is 0 Å². The van der Waals surface area contributed by atoms with E-state index in [-0.39, 0.29) is 0 Å². The van der Waals surface area contributed by atoms with Crippen LogP contribution in [-0.4, -0.2) is 15.0 Å². The largest absolute Gasteiger partial charge is 0.456 e. The molecule has 7 aromatic carbocycles. The summed E-state index contributed by atoms with van der Waals surface area (Å²) in [6.45, 7) is 0. The van der Waals surface area contributed by atoms with E-state index in [9.17, 15) is 0 Å². The van der Waals surface area contributed by atoms with Gasteiger partial charge in [-0.15, -0.1) is 0 Å². The maximum atomic E-state index is 6.23. The van der Waals surface area contributed by atoms with Crippen molar-refractivity contribution >= 4 is 43.5 Å². The van der Waals surface area contributed by atoms with Gasteiger partial charge in [-0.25, -0.2) is 15.0 Å². The first-order valence-electron chi connectivity index (χ1n) is 15.0. The Bertz CT molecular complexity index is 2550. The highest BCUT2D eigenvalue weighted by atomic mass is 16.3. The molecule has 0 aliphatic rings. The van der Waals surface area contributed by atoms with Crippen LogP contribution < -0.4 is 0 Å². The van der Waals surface area contributed by atoms with Crippen molar-refractivity contribution < 1.29 is 4.42 Å². The fourth-order valence-corrected chi connectivity index (χ4v) is 6.40. The third-order valence-corrected chi connectivity index (χ3v) is 8.54. The molecule has 9 aromatic rings. The Hall–Kier alpha value is -6.13. The highest BCUT2D eigenvalue weighted by Gasteiger charge is 2.19. The topological polar surface area (TPSA) is 51.8 Å². The van der Waals surface area contributed by atoms with Crippen LogP contribution in [0.2, 0.25) is 0 Å². The van der Waals surface area contributed by atoms with E-state index in [1.54, 1.807) is 0 Å². The van der Waals surface area contributed by atoms with E-state index in [0.29, 0.717) is 17.5 Å². The first kappa shape index (κ1) is 25.4. The second-order valence-electron chi connectivity index (χ2n) is 11.2. The molecule has 0 unspecified atom stereocenters. The zero-order valence-electron chi connectivity index (χ0n) is 24.2. The lowest BCUT2D eigenvalue weighted by Gasteiger charge is -2.13. The summed E-state index contributed by atoms with van der Waals surface area (Å²) in [5, 5.41) is 6.59. The summed E-state index contributed by atoms with van der Waals surface area (Å²) >= 11 is 0. The highest BCUT2D eigenvalue weighted by molar-refractivity contribution is 6.12. The Morgan fingerprint density at radius 3 is 1.82 bits per heavy atom. The minimum Gasteiger partial charge on any atom is -0.456 e. The zero-order chi connectivity index (χ0) is 29.7. The summed E-state index contributed by atoms with van der Waals surface area (Å²) in [4.78, 5) is 15.5. The molecular weight excluding hydrogens is 550 g/mol. The van der Waals surface area contributed by atoms with Crippen LogP contribution in [0.5, 0.6) is 0 Å². The predicted molar refractivity (Wildman–Crippen MR) is 184 cm³/mol. The minimum atomic E-state index is 0.608. The van der Waals surface area contributed by atoms with Crippen molar-refractivity contribution in [3.05, 3.63) is 152 Å². The number of rotatable bonds is 4. The summed E-state index contributed by atoms with van der Waals surface area (Å²) in [6, 6.07) is 52.2. The molecule has 4 heteroatoms. The lowest BCUT2D eigenvalue weighted by Crippen LogP contribution is -2.01. The molecule has 0 N–H and O–H groups in total. The van der Waals surface area contributed by atoms with Crippen LogP contribution in [-0.2, 0) is 0 Å². The fourth-order valence-electron chi connectivity index (χ4n) is 6.40. The van der Waals surface area contributed by atoms with Gasteiger partial charge in [0, 0.05) is 27.5 Å². The second kappa shape index (κ2) is 10.2. The van der Waals surface area contributed by atoms with E-state index in [4.69, 9.17) is 19.4 Å². The molecule has 0 atom stereocenters. The molecule has 0 aliphatic carbocycles. The second-order valence-corrected chi connectivity index (χ2v) is 11.2. The zero-order valence-corrected chi connectivity index (χ0v) is 24.2. The lowest BCUT2D eigenvalue weighted by molar-refractivity contribution is 0.669. The minimum absolute atomic E-state index is 0.608. The summed E-state index contributed by atoms with van der Waals surface area (Å²) in [7, 11) is 0. The Morgan fingerprint density at radius 2 is 0.978 bits per heavy atom. The SMILES string of the molecule is c1ccc(-c2ccc(-c3nc(-c4ccc5ccccc5c4)nc(-c4cccc5oc6ccccc6c45)n3)c3ccccc23)cc1. The average molecular weight is 576 g/mol. The van der Waals surface area contributed by atoms with Crippen molar-refractivity contribution in [2.75, 3.05) is 0 Å². The normalized spacial score (nSPS) is 11.6. The summed E-state index contributed by atoms with van der Waals surface area (Å²) in [5.74, 6) is 1.86. The van der Waals surface area contributed by atoms with Crippen LogP contribution in [0.3, 0.4) is 0 Å². The maximum Gasteiger partial charge on any atom is 0.164 e. The molecule has 210 valence electrons. The van der Waals surface area contributed by atoms with Crippen LogP contribution >= 0.6 is 0 Å². The first-order valence-corrected chi connectivity index (χ1v) is 15.0. The number of furan rings is 1. The summed E-state index contributed by atoms with van der Waals surface area (Å²) in [5.41, 5.74) is 6.80. The molecule has 0 saturated heterocycles. The van der Waals surface area contributed by atoms with Gasteiger partial charge in [0.15, 0.2) is 17.5 Å². The average Bonchev–Trinajstić information content (AvgIpc) is 3.50. The summed E-state index contributed by atoms with van der Waals surface area (Å²) in [6.07, 6.45) is 0. The molecule has 2 heterocycles. The van der Waals surface area contributed by atoms with Crippen molar-refractivity contribution in [1.29, 1.82) is 0 Å². The first-order chi connectivity index (χ1) is 22.3. The Labute approximate surface area is 259 Å². The van der Waals surface area contributed by atoms with Crippen LogP contribution in [0, 0.1) is 0 Å². The van der Waals surface area contributed by atoms with Crippen molar-refractivity contribution in [3.63, 3.8) is 0 Å². The van der Waals surface area contributed by atoms with Crippen LogP contribution in [0.15, 0.2) is 156 Å². The van der Waals surface area contributed by atoms with Crippen molar-refractivity contribution in [3.8, 4) is 45.3 Å². The number of hydrogen-bond acceptors (Lipinski definition) is 4. The van der Waals surface area contributed by atoms with Gasteiger partial charge in [0.25, 0.3) is 0 Å². The standard InChI is InChI=1S/C41H25N3O/c1-2-12-27(13-3-1)30-23-24-33(32-16-7-6-15-31(30)32)40-42-39(29-22-21-26-11-4-5-14-28(26)25-29)43-41(44-40)35-18-10-20-37-38(35)34-17-8-9-19-36(34)45-37/h1-25H. The van der Waals surface area contributed by atoms with Gasteiger partial charge in [0.1, 0.15) is 11.2 Å². The summed E-state index contributed by atoms with van der Waals surface area (Å²) < 4.78 is 6.23. The van der Waals surface area contributed by atoms with E-state index in [1.165, 1.54) is 16.5 Å². The molecule has 9 rings (SSSR count). The van der Waals surface area contributed by atoms with E-state index in [2.05, 4.69) is 115 Å². The van der Waals surface area contributed by atoms with Gasteiger partial charge >= 0.3 is 0 Å². The molecule has 2 aromatic heterocycles. The van der Waals surface area contributed by atoms with Crippen molar-refractivity contribution in [2.45, 2.75) is 0 Å². The number of aromatic nitrogens is 3. The molecule has 0 amide bonds. The number of para-hydroxylation sites is 1. The molecule has 0 spiro atoms. The monoisotopic (exact) mass is 575 g/mol. The molecule has 0 aliphatic heterocycles. The molecule has 0 bridgehead atoms. The van der Waals surface area contributed by atoms with Gasteiger partial charge < -0.3 is 4.42 Å². The van der Waals surface area contributed by atoms with Gasteiger partial charge in [0.05, 0.1) is 0 Å². The Balaban J connectivity index is 1.32. The van der Waals surface area contributed by atoms with Gasteiger partial charge in [-0.05, 0) is 56.9 Å². The van der Waals surface area contributed by atoms with Gasteiger partial charge in [-0.2, -0.15) is 0 Å². The molecule has 0 fully saturated rings. The Morgan fingerprint density at radius 1 is 0.356 bits per heavy atom. The van der Waals surface area contributed by atoms with Gasteiger partial charge in [0.2, 0.25) is 0 Å². The molecule has 0 radical (unpaired) electrons. The maximum absolute atomic E-state index is 6.23. The third-order valence-electron chi connectivity index (χ3n) is 8.54. The molecule has 0 saturated carbocycles. The van der Waals surface area contributed by atoms with Gasteiger partial charge in [-0.1, -0.05) is 127 Å². The molecule has 45 heavy (non-hydrogen) atoms. The smallest absolute Gasteiger partial charge is 0.164 e. The predicted octanol–water partition coefficient (Wildman–Crippen LogP) is 10.7. The Kier molecular flexibility index (Phi) is 5.78. The quantitative estimate of drug-likeness (QED) is 0.209. The number of benzene rings is 7. The lowest BCUT2D eigenvalue weighted by atomic mass is 9.94. The molecule has 4 nitrogen and oxygen atoms in total. The number of fused-ring (bicyclic) bond motifs is 5. The van der Waals surface area contributed by atoms with Gasteiger partial charge in [-0.3, -0.25) is 0 Å². The van der Waals surface area contributed by atoms with Crippen molar-refractivity contribution in [1.82, 2.24) is 15.0 Å².